The molecule has 0 aliphatic heterocycles. The van der Waals surface area contributed by atoms with E-state index in [1.807, 2.05) is 12.3 Å². The Bertz CT molecular complexity index is 479. The summed E-state index contributed by atoms with van der Waals surface area (Å²) in [6.07, 6.45) is 4.91. The maximum atomic E-state index is 13.0. The quantitative estimate of drug-likeness (QED) is 0.857. The molecule has 3 nitrogen and oxygen atoms in total. The Balaban J connectivity index is 2.10. The lowest BCUT2D eigenvalue weighted by Gasteiger charge is -2.09. The third kappa shape index (κ3) is 3.14. The van der Waals surface area contributed by atoms with Gasteiger partial charge in [-0.3, -0.25) is 4.98 Å². The fourth-order valence-electron chi connectivity index (χ4n) is 1.76. The minimum absolute atomic E-state index is 0.289. The van der Waals surface area contributed by atoms with Gasteiger partial charge in [-0.1, -0.05) is 6.92 Å². The van der Waals surface area contributed by atoms with Crippen molar-refractivity contribution in [3.63, 3.8) is 0 Å². The molecule has 0 bridgehead atoms. The highest BCUT2D eigenvalue weighted by atomic mass is 19.1. The van der Waals surface area contributed by atoms with E-state index in [0.717, 1.165) is 18.7 Å². The van der Waals surface area contributed by atoms with Crippen molar-refractivity contribution in [1.29, 1.82) is 0 Å². The van der Waals surface area contributed by atoms with E-state index in [4.69, 9.17) is 0 Å². The zero-order valence-electron chi connectivity index (χ0n) is 9.86. The van der Waals surface area contributed by atoms with E-state index < -0.39 is 0 Å². The summed E-state index contributed by atoms with van der Waals surface area (Å²) in [5.74, 6) is -0.289. The van der Waals surface area contributed by atoms with E-state index in [1.165, 1.54) is 18.0 Å². The Hall–Kier alpha value is -1.68. The average molecular weight is 233 g/mol. The van der Waals surface area contributed by atoms with Gasteiger partial charge in [0.25, 0.3) is 0 Å². The van der Waals surface area contributed by atoms with Crippen LogP contribution in [-0.4, -0.2) is 16.1 Å². The van der Waals surface area contributed by atoms with Crippen LogP contribution in [0.1, 0.15) is 18.2 Å². The smallest absolute Gasteiger partial charge is 0.141 e. The van der Waals surface area contributed by atoms with Gasteiger partial charge in [0.2, 0.25) is 0 Å². The largest absolute Gasteiger partial charge is 0.346 e. The Labute approximate surface area is 100 Å². The summed E-state index contributed by atoms with van der Waals surface area (Å²) < 4.78 is 15.1. The predicted octanol–water partition coefficient (Wildman–Crippen LogP) is 2.18. The number of nitrogens with one attached hydrogen (secondary N) is 1. The number of pyridine rings is 1. The van der Waals surface area contributed by atoms with Gasteiger partial charge in [-0.15, -0.1) is 0 Å². The first-order valence-electron chi connectivity index (χ1n) is 5.73. The molecular weight excluding hydrogens is 217 g/mol. The van der Waals surface area contributed by atoms with Crippen LogP contribution in [0.15, 0.2) is 36.8 Å². The highest BCUT2D eigenvalue weighted by molar-refractivity contribution is 5.14. The van der Waals surface area contributed by atoms with Gasteiger partial charge in [0.05, 0.1) is 6.20 Å². The molecule has 0 amide bonds. The van der Waals surface area contributed by atoms with Crippen molar-refractivity contribution in [2.75, 3.05) is 6.54 Å². The van der Waals surface area contributed by atoms with Crippen LogP contribution >= 0.6 is 0 Å². The SMILES string of the molecule is CCNCc1cccn1Cc1cncc(F)c1. The summed E-state index contributed by atoms with van der Waals surface area (Å²) in [7, 11) is 0. The van der Waals surface area contributed by atoms with Gasteiger partial charge >= 0.3 is 0 Å². The number of hydrogen-bond acceptors (Lipinski definition) is 2. The molecule has 0 aromatic carbocycles. The second-order valence-corrected chi connectivity index (χ2v) is 3.92. The third-order valence-electron chi connectivity index (χ3n) is 2.59. The van der Waals surface area contributed by atoms with Gasteiger partial charge in [-0.05, 0) is 30.3 Å². The topological polar surface area (TPSA) is 29.9 Å². The molecule has 0 spiro atoms. The number of halogens is 1. The van der Waals surface area contributed by atoms with Gasteiger partial charge < -0.3 is 9.88 Å². The van der Waals surface area contributed by atoms with Crippen molar-refractivity contribution in [2.24, 2.45) is 0 Å². The second kappa shape index (κ2) is 5.59. The van der Waals surface area contributed by atoms with E-state index in [0.29, 0.717) is 6.54 Å². The molecule has 0 aliphatic rings. The second-order valence-electron chi connectivity index (χ2n) is 3.92. The summed E-state index contributed by atoms with van der Waals surface area (Å²) in [5.41, 5.74) is 2.06. The Morgan fingerprint density at radius 2 is 2.29 bits per heavy atom. The molecule has 4 heteroatoms. The summed E-state index contributed by atoms with van der Waals surface area (Å²) in [5, 5.41) is 3.28. The van der Waals surface area contributed by atoms with Crippen LogP contribution in [0.5, 0.6) is 0 Å². The molecule has 2 heterocycles. The number of rotatable bonds is 5. The van der Waals surface area contributed by atoms with Gasteiger partial charge in [-0.25, -0.2) is 4.39 Å². The average Bonchev–Trinajstić information content (AvgIpc) is 2.74. The van der Waals surface area contributed by atoms with Crippen LogP contribution in [-0.2, 0) is 13.1 Å². The number of hydrogen-bond donors (Lipinski definition) is 1. The predicted molar refractivity (Wildman–Crippen MR) is 65.1 cm³/mol. The lowest BCUT2D eigenvalue weighted by Crippen LogP contribution is -2.15. The minimum atomic E-state index is -0.289. The van der Waals surface area contributed by atoms with E-state index >= 15 is 0 Å². The lowest BCUT2D eigenvalue weighted by molar-refractivity contribution is 0.612. The van der Waals surface area contributed by atoms with Gasteiger partial charge in [0, 0.05) is 31.2 Å². The van der Waals surface area contributed by atoms with Crippen LogP contribution < -0.4 is 5.32 Å². The van der Waals surface area contributed by atoms with Crippen LogP contribution in [0.3, 0.4) is 0 Å². The van der Waals surface area contributed by atoms with Crippen molar-refractivity contribution < 1.29 is 4.39 Å². The molecule has 1 N–H and O–H groups in total. The first-order valence-corrected chi connectivity index (χ1v) is 5.73. The van der Waals surface area contributed by atoms with Crippen LogP contribution in [0.2, 0.25) is 0 Å². The van der Waals surface area contributed by atoms with Crippen molar-refractivity contribution in [1.82, 2.24) is 14.9 Å². The monoisotopic (exact) mass is 233 g/mol. The molecule has 0 aliphatic carbocycles. The Morgan fingerprint density at radius 3 is 3.06 bits per heavy atom. The fraction of sp³-hybridized carbons (Fsp3) is 0.308. The first kappa shape index (κ1) is 11.8. The molecular formula is C13H16FN3. The number of nitrogens with zero attached hydrogens (tertiary/aromatic N) is 2. The highest BCUT2D eigenvalue weighted by Crippen LogP contribution is 2.08. The molecule has 0 saturated heterocycles. The molecule has 2 rings (SSSR count). The van der Waals surface area contributed by atoms with E-state index in [1.54, 1.807) is 6.20 Å². The molecule has 2 aromatic heterocycles. The van der Waals surface area contributed by atoms with Crippen molar-refractivity contribution in [3.8, 4) is 0 Å². The fourth-order valence-corrected chi connectivity index (χ4v) is 1.76. The van der Waals surface area contributed by atoms with Crippen LogP contribution in [0.25, 0.3) is 0 Å². The van der Waals surface area contributed by atoms with E-state index in [-0.39, 0.29) is 5.82 Å². The third-order valence-corrected chi connectivity index (χ3v) is 2.59. The molecule has 0 atom stereocenters. The lowest BCUT2D eigenvalue weighted by atomic mass is 10.2. The summed E-state index contributed by atoms with van der Waals surface area (Å²) in [6, 6.07) is 5.58. The molecule has 0 fully saturated rings. The van der Waals surface area contributed by atoms with Gasteiger partial charge in [0.15, 0.2) is 0 Å². The summed E-state index contributed by atoms with van der Waals surface area (Å²) >= 11 is 0. The zero-order valence-corrected chi connectivity index (χ0v) is 9.86. The molecule has 2 aromatic rings. The molecule has 0 unspecified atom stereocenters. The van der Waals surface area contributed by atoms with E-state index in [9.17, 15) is 4.39 Å². The molecule has 17 heavy (non-hydrogen) atoms. The molecule has 90 valence electrons. The molecule has 0 radical (unpaired) electrons. The maximum Gasteiger partial charge on any atom is 0.141 e. The Kier molecular flexibility index (Phi) is 3.88. The first-order chi connectivity index (χ1) is 8.29. The molecule has 0 saturated carbocycles. The summed E-state index contributed by atoms with van der Waals surface area (Å²) in [4.78, 5) is 3.85. The van der Waals surface area contributed by atoms with Crippen molar-refractivity contribution in [2.45, 2.75) is 20.0 Å². The van der Waals surface area contributed by atoms with E-state index in [2.05, 4.69) is 27.9 Å². The maximum absolute atomic E-state index is 13.0. The number of aromatic nitrogens is 2. The Morgan fingerprint density at radius 1 is 1.41 bits per heavy atom. The van der Waals surface area contributed by atoms with Gasteiger partial charge in [0.1, 0.15) is 5.82 Å². The van der Waals surface area contributed by atoms with Gasteiger partial charge in [-0.2, -0.15) is 0 Å². The minimum Gasteiger partial charge on any atom is -0.346 e. The van der Waals surface area contributed by atoms with Crippen LogP contribution in [0.4, 0.5) is 4.39 Å². The van der Waals surface area contributed by atoms with Crippen LogP contribution in [0, 0.1) is 5.82 Å². The normalized spacial score (nSPS) is 10.7. The van der Waals surface area contributed by atoms with Crippen molar-refractivity contribution in [3.05, 3.63) is 53.9 Å². The van der Waals surface area contributed by atoms with Crippen molar-refractivity contribution >= 4 is 0 Å². The zero-order chi connectivity index (χ0) is 12.1. The highest BCUT2D eigenvalue weighted by Gasteiger charge is 2.02. The standard InChI is InChI=1S/C13H16FN3/c1-2-15-9-13-4-3-5-17(13)10-11-6-12(14)8-16-7-11/h3-8,15H,2,9-10H2,1H3. The summed E-state index contributed by atoms with van der Waals surface area (Å²) in [6.45, 7) is 4.49.